The van der Waals surface area contributed by atoms with Crippen LogP contribution in [-0.2, 0) is 27.7 Å². The summed E-state index contributed by atoms with van der Waals surface area (Å²) in [5.41, 5.74) is 7.56. The van der Waals surface area contributed by atoms with Crippen LogP contribution in [0.25, 0.3) is 0 Å². The van der Waals surface area contributed by atoms with Crippen LogP contribution in [0.2, 0.25) is 0 Å². The number of benzene rings is 2. The molecule has 2 aromatic carbocycles. The molecular formula is C20H26N2O3. The molecular weight excluding hydrogens is 316 g/mol. The number of rotatable bonds is 10. The first-order valence-corrected chi connectivity index (χ1v) is 8.51. The SMILES string of the molecule is CC(C)[C@@H](CC(=O)NOCc1ccccc1)NOCc1ccccc1. The van der Waals surface area contributed by atoms with E-state index in [-0.39, 0.29) is 24.3 Å². The largest absolute Gasteiger partial charge is 0.297 e. The van der Waals surface area contributed by atoms with Crippen LogP contribution < -0.4 is 11.0 Å². The smallest absolute Gasteiger partial charge is 0.245 e. The van der Waals surface area contributed by atoms with E-state index < -0.39 is 0 Å². The highest BCUT2D eigenvalue weighted by Gasteiger charge is 2.18. The molecule has 0 radical (unpaired) electrons. The summed E-state index contributed by atoms with van der Waals surface area (Å²) in [5.74, 6) is 0.0705. The molecule has 0 heterocycles. The average molecular weight is 342 g/mol. The zero-order valence-electron chi connectivity index (χ0n) is 14.8. The molecule has 5 nitrogen and oxygen atoms in total. The second-order valence-electron chi connectivity index (χ2n) is 6.25. The van der Waals surface area contributed by atoms with Crippen molar-refractivity contribution < 1.29 is 14.5 Å². The minimum Gasteiger partial charge on any atom is -0.297 e. The van der Waals surface area contributed by atoms with Crippen molar-refractivity contribution in [2.75, 3.05) is 0 Å². The lowest BCUT2D eigenvalue weighted by molar-refractivity contribution is -0.136. The first kappa shape index (κ1) is 19.1. The number of carbonyl (C=O) groups is 1. The quantitative estimate of drug-likeness (QED) is 0.650. The molecule has 0 saturated carbocycles. The van der Waals surface area contributed by atoms with Crippen LogP contribution in [-0.4, -0.2) is 11.9 Å². The highest BCUT2D eigenvalue weighted by molar-refractivity contribution is 5.75. The minimum absolute atomic E-state index is 0.0935. The van der Waals surface area contributed by atoms with Crippen molar-refractivity contribution in [3.63, 3.8) is 0 Å². The van der Waals surface area contributed by atoms with Gasteiger partial charge in [-0.25, -0.2) is 5.48 Å². The lowest BCUT2D eigenvalue weighted by atomic mass is 10.0. The Morgan fingerprint density at radius 1 is 0.880 bits per heavy atom. The van der Waals surface area contributed by atoms with Crippen LogP contribution >= 0.6 is 0 Å². The molecule has 0 fully saturated rings. The topological polar surface area (TPSA) is 59.6 Å². The Morgan fingerprint density at radius 2 is 1.40 bits per heavy atom. The number of carbonyl (C=O) groups excluding carboxylic acids is 1. The van der Waals surface area contributed by atoms with Crippen molar-refractivity contribution in [2.45, 2.75) is 39.5 Å². The van der Waals surface area contributed by atoms with Crippen LogP contribution in [0.3, 0.4) is 0 Å². The third kappa shape index (κ3) is 7.47. The summed E-state index contributed by atoms with van der Waals surface area (Å²) in [6.07, 6.45) is 0.279. The van der Waals surface area contributed by atoms with E-state index >= 15 is 0 Å². The molecule has 0 spiro atoms. The summed E-state index contributed by atoms with van der Waals surface area (Å²) >= 11 is 0. The first-order valence-electron chi connectivity index (χ1n) is 8.51. The number of hydrogen-bond acceptors (Lipinski definition) is 4. The van der Waals surface area contributed by atoms with Gasteiger partial charge in [-0.1, -0.05) is 74.5 Å². The van der Waals surface area contributed by atoms with E-state index in [1.54, 1.807) is 0 Å². The van der Waals surface area contributed by atoms with Crippen molar-refractivity contribution in [1.29, 1.82) is 0 Å². The molecule has 2 aromatic rings. The Balaban J connectivity index is 1.69. The minimum atomic E-state index is -0.176. The summed E-state index contributed by atoms with van der Waals surface area (Å²) in [6, 6.07) is 19.5. The van der Waals surface area contributed by atoms with Gasteiger partial charge in [-0.3, -0.25) is 14.5 Å². The van der Waals surface area contributed by atoms with E-state index in [9.17, 15) is 4.79 Å². The van der Waals surface area contributed by atoms with Crippen LogP contribution in [0.1, 0.15) is 31.4 Å². The van der Waals surface area contributed by atoms with Gasteiger partial charge < -0.3 is 0 Å². The molecule has 25 heavy (non-hydrogen) atoms. The van der Waals surface area contributed by atoms with Crippen molar-refractivity contribution >= 4 is 5.91 Å². The van der Waals surface area contributed by atoms with E-state index in [1.807, 2.05) is 74.5 Å². The van der Waals surface area contributed by atoms with Gasteiger partial charge in [0.1, 0.15) is 0 Å². The molecule has 0 saturated heterocycles. The predicted octanol–water partition coefficient (Wildman–Crippen LogP) is 3.37. The van der Waals surface area contributed by atoms with Gasteiger partial charge in [0.2, 0.25) is 5.91 Å². The van der Waals surface area contributed by atoms with Gasteiger partial charge in [0.15, 0.2) is 0 Å². The van der Waals surface area contributed by atoms with Gasteiger partial charge in [0.25, 0.3) is 0 Å². The maximum absolute atomic E-state index is 12.0. The van der Waals surface area contributed by atoms with Gasteiger partial charge in [-0.2, -0.15) is 5.48 Å². The molecule has 1 atom stereocenters. The highest BCUT2D eigenvalue weighted by atomic mass is 16.7. The molecule has 2 N–H and O–H groups in total. The molecule has 0 aliphatic heterocycles. The maximum Gasteiger partial charge on any atom is 0.245 e. The third-order valence-corrected chi connectivity index (χ3v) is 3.79. The first-order chi connectivity index (χ1) is 12.1. The van der Waals surface area contributed by atoms with Gasteiger partial charge in [-0.15, -0.1) is 0 Å². The van der Waals surface area contributed by atoms with E-state index in [2.05, 4.69) is 11.0 Å². The van der Waals surface area contributed by atoms with Crippen molar-refractivity contribution in [2.24, 2.45) is 5.92 Å². The molecule has 0 unspecified atom stereocenters. The molecule has 1 amide bonds. The third-order valence-electron chi connectivity index (χ3n) is 3.79. The Labute approximate surface area is 149 Å². The second kappa shape index (κ2) is 10.6. The summed E-state index contributed by atoms with van der Waals surface area (Å²) in [6.45, 7) is 4.89. The van der Waals surface area contributed by atoms with Crippen LogP contribution in [0.5, 0.6) is 0 Å². The average Bonchev–Trinajstić information content (AvgIpc) is 2.62. The normalized spacial score (nSPS) is 12.1. The molecule has 0 aliphatic carbocycles. The predicted molar refractivity (Wildman–Crippen MR) is 97.0 cm³/mol. The molecule has 134 valence electrons. The lowest BCUT2D eigenvalue weighted by Crippen LogP contribution is -2.39. The molecule has 5 heteroatoms. The summed E-state index contributed by atoms with van der Waals surface area (Å²) in [5, 5.41) is 0. The zero-order valence-corrected chi connectivity index (χ0v) is 14.8. The Kier molecular flexibility index (Phi) is 8.12. The standard InChI is InChI=1S/C20H26N2O3/c1-16(2)19(21-24-14-17-9-5-3-6-10-17)13-20(23)22-25-15-18-11-7-4-8-12-18/h3-12,16,19,21H,13-15H2,1-2H3,(H,22,23)/t19-/m1/s1. The fourth-order valence-electron chi connectivity index (χ4n) is 2.24. The Bertz CT molecular complexity index is 617. The Hall–Kier alpha value is -2.21. The van der Waals surface area contributed by atoms with Crippen LogP contribution in [0.15, 0.2) is 60.7 Å². The Morgan fingerprint density at radius 3 is 1.92 bits per heavy atom. The number of hydroxylamine groups is 2. The summed E-state index contributed by atoms with van der Waals surface area (Å²) < 4.78 is 0. The van der Waals surface area contributed by atoms with Gasteiger partial charge in [0.05, 0.1) is 13.2 Å². The monoisotopic (exact) mass is 342 g/mol. The van der Waals surface area contributed by atoms with Gasteiger partial charge in [-0.05, 0) is 17.0 Å². The molecule has 0 aliphatic rings. The van der Waals surface area contributed by atoms with E-state index in [0.717, 1.165) is 11.1 Å². The van der Waals surface area contributed by atoms with Gasteiger partial charge >= 0.3 is 0 Å². The van der Waals surface area contributed by atoms with Crippen molar-refractivity contribution in [1.82, 2.24) is 11.0 Å². The number of amides is 1. The lowest BCUT2D eigenvalue weighted by Gasteiger charge is -2.21. The van der Waals surface area contributed by atoms with Crippen molar-refractivity contribution in [3.8, 4) is 0 Å². The maximum atomic E-state index is 12.0. The number of hydrogen-bond donors (Lipinski definition) is 2. The zero-order chi connectivity index (χ0) is 17.9. The van der Waals surface area contributed by atoms with Crippen LogP contribution in [0, 0.1) is 5.92 Å². The van der Waals surface area contributed by atoms with E-state index in [0.29, 0.717) is 13.2 Å². The van der Waals surface area contributed by atoms with Crippen LogP contribution in [0.4, 0.5) is 0 Å². The van der Waals surface area contributed by atoms with E-state index in [1.165, 1.54) is 0 Å². The van der Waals surface area contributed by atoms with Crippen molar-refractivity contribution in [3.05, 3.63) is 71.8 Å². The fourth-order valence-corrected chi connectivity index (χ4v) is 2.24. The molecule has 0 bridgehead atoms. The fraction of sp³-hybridized carbons (Fsp3) is 0.350. The highest BCUT2D eigenvalue weighted by Crippen LogP contribution is 2.08. The summed E-state index contributed by atoms with van der Waals surface area (Å²) in [7, 11) is 0. The van der Waals surface area contributed by atoms with Gasteiger partial charge in [0, 0.05) is 12.5 Å². The number of nitrogens with one attached hydrogen (secondary N) is 2. The molecule has 2 rings (SSSR count). The van der Waals surface area contributed by atoms with E-state index in [4.69, 9.17) is 9.68 Å². The summed E-state index contributed by atoms with van der Waals surface area (Å²) in [4.78, 5) is 22.9. The molecule has 0 aromatic heterocycles. The second-order valence-corrected chi connectivity index (χ2v) is 6.25.